The molecule has 1 aromatic carbocycles. The molecule has 1 amide bonds. The average molecular weight is 258 g/mol. The maximum Gasteiger partial charge on any atom is 0.407 e. The highest BCUT2D eigenvalue weighted by Crippen LogP contribution is 2.00. The van der Waals surface area contributed by atoms with Crippen molar-refractivity contribution in [3.8, 4) is 0 Å². The highest BCUT2D eigenvalue weighted by atomic mass is 16.5. The lowest BCUT2D eigenvalue weighted by molar-refractivity contribution is 0.139. The Kier molecular flexibility index (Phi) is 4.34. The number of aromatic amines is 1. The van der Waals surface area contributed by atoms with E-state index in [2.05, 4.69) is 10.3 Å². The molecule has 0 spiro atoms. The Balaban J connectivity index is 1.76. The topological polar surface area (TPSA) is 71.2 Å². The molecule has 5 heteroatoms. The molecule has 19 heavy (non-hydrogen) atoms. The zero-order valence-corrected chi connectivity index (χ0v) is 10.3. The predicted molar refractivity (Wildman–Crippen MR) is 70.5 cm³/mol. The van der Waals surface area contributed by atoms with Gasteiger partial charge in [-0.3, -0.25) is 4.79 Å². The highest BCUT2D eigenvalue weighted by Gasteiger charge is 2.02. The molecule has 0 saturated heterocycles. The van der Waals surface area contributed by atoms with E-state index in [4.69, 9.17) is 4.74 Å². The first kappa shape index (κ1) is 12.9. The minimum Gasteiger partial charge on any atom is -0.445 e. The Bertz CT molecular complexity index is 573. The first-order valence-corrected chi connectivity index (χ1v) is 5.86. The van der Waals surface area contributed by atoms with Crippen molar-refractivity contribution in [3.05, 3.63) is 70.1 Å². The minimum absolute atomic E-state index is 0.171. The molecule has 0 saturated carbocycles. The Morgan fingerprint density at radius 3 is 2.58 bits per heavy atom. The number of aromatic nitrogens is 1. The Hall–Kier alpha value is -2.56. The molecule has 0 atom stereocenters. The van der Waals surface area contributed by atoms with Crippen LogP contribution in [-0.2, 0) is 17.9 Å². The normalized spacial score (nSPS) is 9.89. The minimum atomic E-state index is -0.491. The van der Waals surface area contributed by atoms with Gasteiger partial charge in [-0.2, -0.15) is 0 Å². The zero-order valence-electron chi connectivity index (χ0n) is 10.3. The van der Waals surface area contributed by atoms with E-state index in [1.165, 1.54) is 6.07 Å². The van der Waals surface area contributed by atoms with Crippen molar-refractivity contribution in [2.75, 3.05) is 0 Å². The first-order chi connectivity index (χ1) is 9.24. The van der Waals surface area contributed by atoms with Crippen LogP contribution in [0.3, 0.4) is 0 Å². The van der Waals surface area contributed by atoms with Gasteiger partial charge in [-0.25, -0.2) is 4.79 Å². The van der Waals surface area contributed by atoms with E-state index < -0.39 is 6.09 Å². The summed E-state index contributed by atoms with van der Waals surface area (Å²) in [5.41, 5.74) is 1.56. The van der Waals surface area contributed by atoms with E-state index >= 15 is 0 Å². The smallest absolute Gasteiger partial charge is 0.407 e. The summed E-state index contributed by atoms with van der Waals surface area (Å²) in [6, 6.07) is 12.5. The SMILES string of the molecule is O=C(NCc1ccc(=O)[nH]c1)OCc1ccccc1. The molecule has 98 valence electrons. The molecule has 0 radical (unpaired) electrons. The van der Waals surface area contributed by atoms with Crippen LogP contribution >= 0.6 is 0 Å². The van der Waals surface area contributed by atoms with E-state index in [0.717, 1.165) is 11.1 Å². The zero-order chi connectivity index (χ0) is 13.5. The Morgan fingerprint density at radius 2 is 1.89 bits per heavy atom. The third kappa shape index (κ3) is 4.31. The number of carbonyl (C=O) groups is 1. The van der Waals surface area contributed by atoms with Gasteiger partial charge in [0.2, 0.25) is 5.56 Å². The van der Waals surface area contributed by atoms with Gasteiger partial charge in [0.15, 0.2) is 0 Å². The van der Waals surface area contributed by atoms with E-state index in [0.29, 0.717) is 6.54 Å². The van der Waals surface area contributed by atoms with Crippen molar-refractivity contribution >= 4 is 6.09 Å². The summed E-state index contributed by atoms with van der Waals surface area (Å²) in [7, 11) is 0. The van der Waals surface area contributed by atoms with E-state index in [-0.39, 0.29) is 12.2 Å². The molecule has 0 fully saturated rings. The number of hydrogen-bond acceptors (Lipinski definition) is 3. The summed E-state index contributed by atoms with van der Waals surface area (Å²) in [5.74, 6) is 0. The van der Waals surface area contributed by atoms with Crippen LogP contribution in [0.15, 0.2) is 53.5 Å². The fraction of sp³-hybridized carbons (Fsp3) is 0.143. The summed E-state index contributed by atoms with van der Waals surface area (Å²) in [6.45, 7) is 0.544. The lowest BCUT2D eigenvalue weighted by Crippen LogP contribution is -2.24. The number of ether oxygens (including phenoxy) is 1. The van der Waals surface area contributed by atoms with Gasteiger partial charge in [-0.15, -0.1) is 0 Å². The third-order valence-corrected chi connectivity index (χ3v) is 2.50. The maximum absolute atomic E-state index is 11.5. The quantitative estimate of drug-likeness (QED) is 0.878. The molecule has 0 aliphatic rings. The summed E-state index contributed by atoms with van der Waals surface area (Å²) in [4.78, 5) is 24.8. The second kappa shape index (κ2) is 6.39. The highest BCUT2D eigenvalue weighted by molar-refractivity contribution is 5.67. The van der Waals surface area contributed by atoms with Gasteiger partial charge >= 0.3 is 6.09 Å². The van der Waals surface area contributed by atoms with Gasteiger partial charge in [0.05, 0.1) is 0 Å². The van der Waals surface area contributed by atoms with Crippen LogP contribution in [0.2, 0.25) is 0 Å². The van der Waals surface area contributed by atoms with E-state index in [1.807, 2.05) is 30.3 Å². The number of alkyl carbamates (subject to hydrolysis) is 1. The molecule has 1 aromatic heterocycles. The molecule has 0 aliphatic carbocycles. The molecule has 0 unspecified atom stereocenters. The number of benzene rings is 1. The van der Waals surface area contributed by atoms with Crippen LogP contribution in [0.1, 0.15) is 11.1 Å². The number of rotatable bonds is 4. The van der Waals surface area contributed by atoms with Gasteiger partial charge in [0.1, 0.15) is 6.61 Å². The summed E-state index contributed by atoms with van der Waals surface area (Å²) in [6.07, 6.45) is 1.06. The predicted octanol–water partition coefficient (Wildman–Crippen LogP) is 1.80. The molecule has 0 aliphatic heterocycles. The van der Waals surface area contributed by atoms with Crippen molar-refractivity contribution in [1.82, 2.24) is 10.3 Å². The van der Waals surface area contributed by atoms with Crippen LogP contribution < -0.4 is 10.9 Å². The van der Waals surface area contributed by atoms with Crippen LogP contribution in [0.25, 0.3) is 0 Å². The van der Waals surface area contributed by atoms with Crippen LogP contribution in [0.4, 0.5) is 4.79 Å². The van der Waals surface area contributed by atoms with Crippen molar-refractivity contribution in [2.45, 2.75) is 13.2 Å². The van der Waals surface area contributed by atoms with Crippen molar-refractivity contribution in [1.29, 1.82) is 0 Å². The molecule has 0 bridgehead atoms. The van der Waals surface area contributed by atoms with E-state index in [9.17, 15) is 9.59 Å². The Labute approximate surface area is 110 Å². The summed E-state index contributed by atoms with van der Waals surface area (Å²) < 4.78 is 5.05. The van der Waals surface area contributed by atoms with Crippen LogP contribution in [0.5, 0.6) is 0 Å². The third-order valence-electron chi connectivity index (χ3n) is 2.50. The number of carbonyl (C=O) groups excluding carboxylic acids is 1. The molecule has 2 aromatic rings. The van der Waals surface area contributed by atoms with Gasteiger partial charge in [-0.05, 0) is 11.1 Å². The summed E-state index contributed by atoms with van der Waals surface area (Å²) >= 11 is 0. The van der Waals surface area contributed by atoms with Crippen molar-refractivity contribution in [3.63, 3.8) is 0 Å². The standard InChI is InChI=1S/C14H14N2O3/c17-13-7-6-12(8-15-13)9-16-14(18)19-10-11-4-2-1-3-5-11/h1-8H,9-10H2,(H,15,17)(H,16,18). The largest absolute Gasteiger partial charge is 0.445 e. The van der Waals surface area contributed by atoms with Crippen LogP contribution in [0, 0.1) is 0 Å². The van der Waals surface area contributed by atoms with Gasteiger partial charge in [0.25, 0.3) is 0 Å². The molecule has 2 rings (SSSR count). The molecule has 1 heterocycles. The lowest BCUT2D eigenvalue weighted by Gasteiger charge is -2.06. The first-order valence-electron chi connectivity index (χ1n) is 5.86. The van der Waals surface area contributed by atoms with Gasteiger partial charge in [-0.1, -0.05) is 36.4 Å². The number of H-pyrrole nitrogens is 1. The van der Waals surface area contributed by atoms with Crippen molar-refractivity contribution in [2.24, 2.45) is 0 Å². The Morgan fingerprint density at radius 1 is 1.11 bits per heavy atom. The lowest BCUT2D eigenvalue weighted by atomic mass is 10.2. The molecular weight excluding hydrogens is 244 g/mol. The van der Waals surface area contributed by atoms with Crippen LogP contribution in [-0.4, -0.2) is 11.1 Å². The fourth-order valence-electron chi connectivity index (χ4n) is 1.50. The second-order valence-corrected chi connectivity index (χ2v) is 3.98. The molecule has 2 N–H and O–H groups in total. The van der Waals surface area contributed by atoms with E-state index in [1.54, 1.807) is 12.3 Å². The summed E-state index contributed by atoms with van der Waals surface area (Å²) in [5, 5.41) is 2.61. The number of hydrogen-bond donors (Lipinski definition) is 2. The number of nitrogens with one attached hydrogen (secondary N) is 2. The monoisotopic (exact) mass is 258 g/mol. The van der Waals surface area contributed by atoms with Crippen molar-refractivity contribution < 1.29 is 9.53 Å². The molecule has 5 nitrogen and oxygen atoms in total. The van der Waals surface area contributed by atoms with Gasteiger partial charge < -0.3 is 15.0 Å². The second-order valence-electron chi connectivity index (χ2n) is 3.98. The number of pyridine rings is 1. The average Bonchev–Trinajstić information content (AvgIpc) is 2.45. The maximum atomic E-state index is 11.5. The number of amides is 1. The van der Waals surface area contributed by atoms with Gasteiger partial charge in [0, 0.05) is 18.8 Å². The fourth-order valence-corrected chi connectivity index (χ4v) is 1.50. The molecular formula is C14H14N2O3.